The van der Waals surface area contributed by atoms with Crippen LogP contribution < -0.4 is 5.32 Å². The lowest BCUT2D eigenvalue weighted by Gasteiger charge is -2.25. The first-order chi connectivity index (χ1) is 10.0. The minimum Gasteiger partial charge on any atom is -0.465 e. The number of hydrogen-bond donors (Lipinski definition) is 1. The fourth-order valence-corrected chi connectivity index (χ4v) is 3.47. The maximum atomic E-state index is 12.4. The van der Waals surface area contributed by atoms with Crippen molar-refractivity contribution in [2.24, 2.45) is 0 Å². The number of benzene rings is 1. The first-order valence-electron chi connectivity index (χ1n) is 8.03. The highest BCUT2D eigenvalue weighted by atomic mass is 16.5. The molecule has 3 heteroatoms. The van der Waals surface area contributed by atoms with E-state index in [-0.39, 0.29) is 12.0 Å². The Morgan fingerprint density at radius 2 is 1.81 bits per heavy atom. The third kappa shape index (κ3) is 3.85. The zero-order chi connectivity index (χ0) is 15.4. The predicted octanol–water partition coefficient (Wildman–Crippen LogP) is 3.75. The van der Waals surface area contributed by atoms with Crippen molar-refractivity contribution in [3.8, 4) is 0 Å². The summed E-state index contributed by atoms with van der Waals surface area (Å²) in [6, 6.07) is 4.38. The van der Waals surface area contributed by atoms with E-state index in [9.17, 15) is 4.79 Å². The molecule has 0 bridgehead atoms. The van der Waals surface area contributed by atoms with Gasteiger partial charge in [-0.2, -0.15) is 0 Å². The highest BCUT2D eigenvalue weighted by Crippen LogP contribution is 2.28. The summed E-state index contributed by atoms with van der Waals surface area (Å²) in [5.41, 5.74) is 4.65. The first kappa shape index (κ1) is 16.0. The van der Waals surface area contributed by atoms with Gasteiger partial charge in [-0.15, -0.1) is 0 Å². The van der Waals surface area contributed by atoms with Crippen LogP contribution in [0.5, 0.6) is 0 Å². The summed E-state index contributed by atoms with van der Waals surface area (Å²) in [6.07, 6.45) is 4.80. The average molecular weight is 289 g/mol. The Morgan fingerprint density at radius 1 is 1.24 bits per heavy atom. The summed E-state index contributed by atoms with van der Waals surface area (Å²) < 4.78 is 5.31. The second-order valence-corrected chi connectivity index (χ2v) is 6.15. The number of ether oxygens (including phenoxy) is 1. The molecule has 0 heterocycles. The molecule has 116 valence electrons. The predicted molar refractivity (Wildman–Crippen MR) is 85.4 cm³/mol. The standard InChI is InChI=1S/C18H27NO2/c1-5-21-18(20)17(19-15-8-6-7-9-15)16-13(3)10-12(2)11-14(16)4/h10-11,15,17,19H,5-9H2,1-4H3. The summed E-state index contributed by atoms with van der Waals surface area (Å²) in [7, 11) is 0. The van der Waals surface area contributed by atoms with Gasteiger partial charge in [0.25, 0.3) is 0 Å². The van der Waals surface area contributed by atoms with E-state index in [2.05, 4.69) is 38.2 Å². The van der Waals surface area contributed by atoms with Crippen molar-refractivity contribution in [1.29, 1.82) is 0 Å². The zero-order valence-electron chi connectivity index (χ0n) is 13.7. The van der Waals surface area contributed by atoms with E-state index in [0.717, 1.165) is 29.5 Å². The molecule has 2 rings (SSSR count). The molecule has 1 aliphatic carbocycles. The molecule has 1 atom stereocenters. The Balaban J connectivity index is 2.31. The lowest BCUT2D eigenvalue weighted by Crippen LogP contribution is -2.37. The van der Waals surface area contributed by atoms with Gasteiger partial charge >= 0.3 is 5.97 Å². The third-order valence-corrected chi connectivity index (χ3v) is 4.31. The van der Waals surface area contributed by atoms with E-state index < -0.39 is 0 Å². The lowest BCUT2D eigenvalue weighted by molar-refractivity contribution is -0.146. The van der Waals surface area contributed by atoms with Gasteiger partial charge in [0.15, 0.2) is 0 Å². The number of aryl methyl sites for hydroxylation is 3. The molecular formula is C18H27NO2. The quantitative estimate of drug-likeness (QED) is 0.839. The topological polar surface area (TPSA) is 38.3 Å². The van der Waals surface area contributed by atoms with Crippen molar-refractivity contribution in [2.45, 2.75) is 65.5 Å². The number of nitrogens with one attached hydrogen (secondary N) is 1. The monoisotopic (exact) mass is 289 g/mol. The summed E-state index contributed by atoms with van der Waals surface area (Å²) in [5, 5.41) is 3.54. The second kappa shape index (κ2) is 7.08. The van der Waals surface area contributed by atoms with Gasteiger partial charge in [-0.25, -0.2) is 4.79 Å². The van der Waals surface area contributed by atoms with E-state index in [1.807, 2.05) is 6.92 Å². The molecule has 21 heavy (non-hydrogen) atoms. The molecule has 0 aromatic heterocycles. The van der Waals surface area contributed by atoms with Crippen LogP contribution in [0.4, 0.5) is 0 Å². The Kier molecular flexibility index (Phi) is 5.40. The Hall–Kier alpha value is -1.35. The SMILES string of the molecule is CCOC(=O)C(NC1CCCC1)c1c(C)cc(C)cc1C. The molecular weight excluding hydrogens is 262 g/mol. The number of rotatable bonds is 5. The lowest BCUT2D eigenvalue weighted by atomic mass is 9.93. The largest absolute Gasteiger partial charge is 0.465 e. The number of hydrogen-bond acceptors (Lipinski definition) is 3. The van der Waals surface area contributed by atoms with Crippen LogP contribution in [0.3, 0.4) is 0 Å². The van der Waals surface area contributed by atoms with Gasteiger partial charge in [0, 0.05) is 6.04 Å². The first-order valence-corrected chi connectivity index (χ1v) is 8.03. The van der Waals surface area contributed by atoms with Gasteiger partial charge in [0.05, 0.1) is 6.61 Å². The van der Waals surface area contributed by atoms with Gasteiger partial charge in [-0.1, -0.05) is 30.5 Å². The summed E-state index contributed by atoms with van der Waals surface area (Å²) in [6.45, 7) is 8.54. The summed E-state index contributed by atoms with van der Waals surface area (Å²) in [4.78, 5) is 12.4. The molecule has 1 saturated carbocycles. The minimum absolute atomic E-state index is 0.153. The molecule has 1 N–H and O–H groups in total. The maximum absolute atomic E-state index is 12.4. The molecule has 0 radical (unpaired) electrons. The van der Waals surface area contributed by atoms with Crippen molar-refractivity contribution < 1.29 is 9.53 Å². The zero-order valence-corrected chi connectivity index (χ0v) is 13.7. The number of esters is 1. The molecule has 0 aliphatic heterocycles. The Bertz CT molecular complexity index is 481. The van der Waals surface area contributed by atoms with Crippen LogP contribution in [0.2, 0.25) is 0 Å². The van der Waals surface area contributed by atoms with Crippen LogP contribution in [-0.4, -0.2) is 18.6 Å². The van der Waals surface area contributed by atoms with Gasteiger partial charge in [-0.3, -0.25) is 5.32 Å². The molecule has 3 nitrogen and oxygen atoms in total. The molecule has 0 amide bonds. The summed E-state index contributed by atoms with van der Waals surface area (Å²) >= 11 is 0. The molecule has 1 aromatic rings. The van der Waals surface area contributed by atoms with Crippen LogP contribution in [0.25, 0.3) is 0 Å². The fourth-order valence-electron chi connectivity index (χ4n) is 3.47. The van der Waals surface area contributed by atoms with Crippen LogP contribution in [0.15, 0.2) is 12.1 Å². The third-order valence-electron chi connectivity index (χ3n) is 4.31. The van der Waals surface area contributed by atoms with E-state index in [1.54, 1.807) is 0 Å². The molecule has 0 spiro atoms. The Labute approximate surface area is 128 Å². The highest BCUT2D eigenvalue weighted by Gasteiger charge is 2.29. The molecule has 1 fully saturated rings. The maximum Gasteiger partial charge on any atom is 0.327 e. The average Bonchev–Trinajstić information content (AvgIpc) is 2.89. The second-order valence-electron chi connectivity index (χ2n) is 6.15. The highest BCUT2D eigenvalue weighted by molar-refractivity contribution is 5.79. The van der Waals surface area contributed by atoms with Crippen LogP contribution in [0, 0.1) is 20.8 Å². The normalized spacial score (nSPS) is 17.0. The molecule has 1 aliphatic rings. The van der Waals surface area contributed by atoms with Gasteiger partial charge < -0.3 is 4.74 Å². The molecule has 1 aromatic carbocycles. The van der Waals surface area contributed by atoms with E-state index in [0.29, 0.717) is 12.6 Å². The van der Waals surface area contributed by atoms with Gasteiger partial charge in [-0.05, 0) is 57.2 Å². The van der Waals surface area contributed by atoms with E-state index in [1.165, 1.54) is 18.4 Å². The molecule has 1 unspecified atom stereocenters. The van der Waals surface area contributed by atoms with Crippen molar-refractivity contribution in [2.75, 3.05) is 6.61 Å². The Morgan fingerprint density at radius 3 is 2.33 bits per heavy atom. The van der Waals surface area contributed by atoms with Crippen molar-refractivity contribution >= 4 is 5.97 Å². The summed E-state index contributed by atoms with van der Waals surface area (Å²) in [5.74, 6) is -0.153. The van der Waals surface area contributed by atoms with Gasteiger partial charge in [0.1, 0.15) is 6.04 Å². The fraction of sp³-hybridized carbons (Fsp3) is 0.611. The van der Waals surface area contributed by atoms with Crippen LogP contribution in [-0.2, 0) is 9.53 Å². The smallest absolute Gasteiger partial charge is 0.327 e. The van der Waals surface area contributed by atoms with E-state index in [4.69, 9.17) is 4.74 Å². The van der Waals surface area contributed by atoms with Crippen LogP contribution in [0.1, 0.15) is 60.9 Å². The minimum atomic E-state index is -0.339. The van der Waals surface area contributed by atoms with Crippen molar-refractivity contribution in [3.63, 3.8) is 0 Å². The van der Waals surface area contributed by atoms with Crippen molar-refractivity contribution in [3.05, 3.63) is 34.4 Å². The van der Waals surface area contributed by atoms with Crippen LogP contribution >= 0.6 is 0 Å². The number of carbonyl (C=O) groups is 1. The number of carbonyl (C=O) groups excluding carboxylic acids is 1. The van der Waals surface area contributed by atoms with Gasteiger partial charge in [0.2, 0.25) is 0 Å². The van der Waals surface area contributed by atoms with Crippen molar-refractivity contribution in [1.82, 2.24) is 5.32 Å². The van der Waals surface area contributed by atoms with E-state index >= 15 is 0 Å². The molecule has 0 saturated heterocycles.